The lowest BCUT2D eigenvalue weighted by atomic mass is 9.81. The number of hydrogen-bond donors (Lipinski definition) is 0. The van der Waals surface area contributed by atoms with Crippen LogP contribution in [0.15, 0.2) is 72.9 Å². The summed E-state index contributed by atoms with van der Waals surface area (Å²) in [5, 5.41) is 2.11. The summed E-state index contributed by atoms with van der Waals surface area (Å²) in [6.45, 7) is 2.64. The van der Waals surface area contributed by atoms with Crippen LogP contribution in [0.25, 0.3) is 0 Å². The molecule has 1 heterocycles. The molecule has 4 heteroatoms. The van der Waals surface area contributed by atoms with Crippen LogP contribution in [0.5, 0.6) is 5.75 Å². The Morgan fingerprint density at radius 1 is 0.903 bits per heavy atom. The fourth-order valence-electron chi connectivity index (χ4n) is 4.59. The monoisotopic (exact) mass is 416 g/mol. The van der Waals surface area contributed by atoms with E-state index in [-0.39, 0.29) is 0 Å². The lowest BCUT2D eigenvalue weighted by Gasteiger charge is -2.38. The number of rotatable bonds is 8. The molecule has 1 aliphatic rings. The molecule has 0 saturated heterocycles. The van der Waals surface area contributed by atoms with Gasteiger partial charge in [-0.1, -0.05) is 67.6 Å². The first-order valence-electron chi connectivity index (χ1n) is 11.3. The van der Waals surface area contributed by atoms with Crippen molar-refractivity contribution in [3.05, 3.63) is 89.7 Å². The summed E-state index contributed by atoms with van der Waals surface area (Å²) in [5.74, 6) is 1.45. The van der Waals surface area contributed by atoms with Crippen molar-refractivity contribution in [2.45, 2.75) is 57.6 Å². The minimum Gasteiger partial charge on any atom is -0.493 e. The van der Waals surface area contributed by atoms with E-state index in [4.69, 9.17) is 9.57 Å². The van der Waals surface area contributed by atoms with Crippen molar-refractivity contribution in [1.29, 1.82) is 0 Å². The first-order valence-corrected chi connectivity index (χ1v) is 11.3. The number of nitrogens with zero attached hydrogens (tertiary/aromatic N) is 2. The van der Waals surface area contributed by atoms with E-state index in [1.165, 1.54) is 5.56 Å². The largest absolute Gasteiger partial charge is 0.493 e. The second-order valence-electron chi connectivity index (χ2n) is 8.16. The molecule has 0 atom stereocenters. The van der Waals surface area contributed by atoms with Crippen molar-refractivity contribution in [3.8, 4) is 5.75 Å². The molecule has 0 aliphatic heterocycles. The number of aromatic nitrogens is 1. The van der Waals surface area contributed by atoms with Gasteiger partial charge in [0.05, 0.1) is 25.5 Å². The third-order valence-corrected chi connectivity index (χ3v) is 6.25. The lowest BCUT2D eigenvalue weighted by Crippen LogP contribution is -2.38. The van der Waals surface area contributed by atoms with Crippen LogP contribution in [0.4, 0.5) is 5.69 Å². The zero-order valence-corrected chi connectivity index (χ0v) is 18.5. The van der Waals surface area contributed by atoms with Gasteiger partial charge < -0.3 is 4.74 Å². The number of hydroxylamine groups is 1. The minimum atomic E-state index is 0.310. The number of methoxy groups -OCH3 is 1. The molecule has 1 aromatic heterocycles. The fourth-order valence-corrected chi connectivity index (χ4v) is 4.59. The highest BCUT2D eigenvalue weighted by Crippen LogP contribution is 2.39. The Labute approximate surface area is 185 Å². The molecule has 1 fully saturated rings. The average Bonchev–Trinajstić information content (AvgIpc) is 2.85. The molecule has 31 heavy (non-hydrogen) atoms. The molecule has 2 aromatic carbocycles. The summed E-state index contributed by atoms with van der Waals surface area (Å²) >= 11 is 0. The van der Waals surface area contributed by atoms with E-state index in [0.29, 0.717) is 18.6 Å². The Balaban J connectivity index is 1.56. The maximum absolute atomic E-state index is 6.46. The van der Waals surface area contributed by atoms with Crippen molar-refractivity contribution >= 4 is 5.69 Å². The molecule has 0 spiro atoms. The van der Waals surface area contributed by atoms with Gasteiger partial charge in [-0.25, -0.2) is 5.06 Å². The van der Waals surface area contributed by atoms with Gasteiger partial charge in [0.1, 0.15) is 5.69 Å². The average molecular weight is 417 g/mol. The third kappa shape index (κ3) is 5.08. The van der Waals surface area contributed by atoms with Crippen LogP contribution in [0, 0.1) is 0 Å². The molecular weight excluding hydrogens is 384 g/mol. The van der Waals surface area contributed by atoms with Gasteiger partial charge in [-0.2, -0.15) is 0 Å². The van der Waals surface area contributed by atoms with Crippen LogP contribution >= 0.6 is 0 Å². The van der Waals surface area contributed by atoms with Gasteiger partial charge in [0, 0.05) is 6.20 Å². The van der Waals surface area contributed by atoms with Crippen molar-refractivity contribution in [1.82, 2.24) is 4.98 Å². The molecule has 4 nitrogen and oxygen atoms in total. The highest BCUT2D eigenvalue weighted by atomic mass is 16.7. The zero-order chi connectivity index (χ0) is 21.5. The Kier molecular flexibility index (Phi) is 7.21. The van der Waals surface area contributed by atoms with Gasteiger partial charge in [-0.05, 0) is 55.2 Å². The van der Waals surface area contributed by atoms with Gasteiger partial charge in [0.25, 0.3) is 0 Å². The Morgan fingerprint density at radius 3 is 2.23 bits per heavy atom. The Hall–Kier alpha value is -2.85. The van der Waals surface area contributed by atoms with Crippen molar-refractivity contribution in [2.75, 3.05) is 12.2 Å². The Morgan fingerprint density at radius 2 is 1.58 bits per heavy atom. The van der Waals surface area contributed by atoms with E-state index < -0.39 is 0 Å². The van der Waals surface area contributed by atoms with Crippen LogP contribution in [0.2, 0.25) is 0 Å². The van der Waals surface area contributed by atoms with Crippen molar-refractivity contribution in [2.24, 2.45) is 0 Å². The predicted octanol–water partition coefficient (Wildman–Crippen LogP) is 6.32. The van der Waals surface area contributed by atoms with Gasteiger partial charge in [-0.3, -0.25) is 9.82 Å². The van der Waals surface area contributed by atoms with E-state index >= 15 is 0 Å². The van der Waals surface area contributed by atoms with Gasteiger partial charge in [-0.15, -0.1) is 0 Å². The van der Waals surface area contributed by atoms with E-state index in [1.807, 2.05) is 18.3 Å². The molecule has 3 aromatic rings. The highest BCUT2D eigenvalue weighted by molar-refractivity contribution is 5.59. The van der Waals surface area contributed by atoms with E-state index in [0.717, 1.165) is 54.8 Å². The smallest absolute Gasteiger partial charge is 0.165 e. The molecule has 0 unspecified atom stereocenters. The maximum atomic E-state index is 6.46. The number of hydrogen-bond acceptors (Lipinski definition) is 4. The van der Waals surface area contributed by atoms with E-state index in [9.17, 15) is 0 Å². The molecular formula is C27H32N2O2. The molecule has 1 saturated carbocycles. The first-order chi connectivity index (χ1) is 15.3. The van der Waals surface area contributed by atoms with E-state index in [2.05, 4.69) is 71.6 Å². The molecule has 0 radical (unpaired) electrons. The second kappa shape index (κ2) is 10.5. The first kappa shape index (κ1) is 21.4. The summed E-state index contributed by atoms with van der Waals surface area (Å²) in [5.41, 5.74) is 4.56. The highest BCUT2D eigenvalue weighted by Gasteiger charge is 2.30. The quantitative estimate of drug-likeness (QED) is 0.403. The summed E-state index contributed by atoms with van der Waals surface area (Å²) in [4.78, 5) is 11.0. The third-order valence-electron chi connectivity index (χ3n) is 6.25. The normalized spacial score (nSPS) is 18.5. The van der Waals surface area contributed by atoms with Crippen LogP contribution in [0.1, 0.15) is 55.3 Å². The van der Waals surface area contributed by atoms with Crippen LogP contribution in [-0.4, -0.2) is 18.1 Å². The standard InChI is InChI=1S/C27H32N2O2/c1-3-25-27(30-2)26(18-19-28-25)29(31-20-21-10-6-4-7-11-21)24-16-14-23(15-17-24)22-12-8-5-9-13-22/h4-13,18-19,23-24H,3,14-17,20H2,1-2H3/t23-,24+. The SMILES string of the molecule is CCc1nccc(N(OCc2ccccc2)[C@H]2CC[C@@H](c3ccccc3)CC2)c1OC. The van der Waals surface area contributed by atoms with Gasteiger partial charge >= 0.3 is 0 Å². The van der Waals surface area contributed by atoms with Crippen LogP contribution in [-0.2, 0) is 17.9 Å². The Bertz CT molecular complexity index is 938. The van der Waals surface area contributed by atoms with E-state index in [1.54, 1.807) is 7.11 Å². The maximum Gasteiger partial charge on any atom is 0.165 e. The molecule has 0 amide bonds. The molecule has 0 N–H and O–H groups in total. The number of anilines is 1. The number of benzene rings is 2. The summed E-state index contributed by atoms with van der Waals surface area (Å²) in [6.07, 6.45) is 7.18. The van der Waals surface area contributed by atoms with Crippen molar-refractivity contribution < 1.29 is 9.57 Å². The van der Waals surface area contributed by atoms with Gasteiger partial charge in [0.15, 0.2) is 5.75 Å². The zero-order valence-electron chi connectivity index (χ0n) is 18.5. The van der Waals surface area contributed by atoms with Crippen LogP contribution < -0.4 is 9.80 Å². The molecule has 1 aliphatic carbocycles. The summed E-state index contributed by atoms with van der Waals surface area (Å²) in [7, 11) is 1.72. The minimum absolute atomic E-state index is 0.310. The summed E-state index contributed by atoms with van der Waals surface area (Å²) < 4.78 is 5.80. The molecule has 4 rings (SSSR count). The predicted molar refractivity (Wildman–Crippen MR) is 125 cm³/mol. The number of ether oxygens (including phenoxy) is 1. The lowest BCUT2D eigenvalue weighted by molar-refractivity contribution is 0.0613. The molecule has 162 valence electrons. The molecule has 0 bridgehead atoms. The fraction of sp³-hybridized carbons (Fsp3) is 0.370. The van der Waals surface area contributed by atoms with Gasteiger partial charge in [0.2, 0.25) is 0 Å². The number of pyridine rings is 1. The van der Waals surface area contributed by atoms with Crippen LogP contribution in [0.3, 0.4) is 0 Å². The number of aryl methyl sites for hydroxylation is 1. The summed E-state index contributed by atoms with van der Waals surface area (Å²) in [6, 6.07) is 23.6. The van der Waals surface area contributed by atoms with Crippen molar-refractivity contribution in [3.63, 3.8) is 0 Å². The second-order valence-corrected chi connectivity index (χ2v) is 8.16. The topological polar surface area (TPSA) is 34.6 Å².